The summed E-state index contributed by atoms with van der Waals surface area (Å²) in [5.74, 6) is 1.12. The molecular formula is C16H33IN4O. The van der Waals surface area contributed by atoms with Gasteiger partial charge < -0.3 is 15.7 Å². The number of likely N-dealkylation sites (tertiary alicyclic amines) is 1. The summed E-state index contributed by atoms with van der Waals surface area (Å²) >= 11 is 0. The van der Waals surface area contributed by atoms with E-state index in [0.29, 0.717) is 12.6 Å². The first-order valence-electron chi connectivity index (χ1n) is 8.62. The molecule has 1 heterocycles. The summed E-state index contributed by atoms with van der Waals surface area (Å²) in [7, 11) is 0. The molecular weight excluding hydrogens is 391 g/mol. The monoisotopic (exact) mass is 424 g/mol. The molecule has 5 nitrogen and oxygen atoms in total. The Labute approximate surface area is 152 Å². The van der Waals surface area contributed by atoms with Gasteiger partial charge in [-0.3, -0.25) is 9.89 Å². The molecule has 0 spiro atoms. The number of nitrogens with one attached hydrogen (secondary N) is 2. The third-order valence-electron chi connectivity index (χ3n) is 4.62. The van der Waals surface area contributed by atoms with E-state index in [2.05, 4.69) is 27.4 Å². The van der Waals surface area contributed by atoms with Crippen LogP contribution >= 0.6 is 24.0 Å². The van der Waals surface area contributed by atoms with E-state index in [1.54, 1.807) is 0 Å². The SMILES string of the molecule is CCNC(=NCC(C)CO)NC1CCN(C2CCCC2)C1.I. The van der Waals surface area contributed by atoms with Gasteiger partial charge in [-0.1, -0.05) is 19.8 Å². The smallest absolute Gasteiger partial charge is 0.191 e. The minimum absolute atomic E-state index is 0. The van der Waals surface area contributed by atoms with Gasteiger partial charge in [-0.05, 0) is 32.1 Å². The van der Waals surface area contributed by atoms with Crippen LogP contribution in [0.5, 0.6) is 0 Å². The predicted octanol–water partition coefficient (Wildman–Crippen LogP) is 1.80. The molecule has 0 aromatic heterocycles. The van der Waals surface area contributed by atoms with E-state index in [1.165, 1.54) is 38.6 Å². The summed E-state index contributed by atoms with van der Waals surface area (Å²) in [6.45, 7) is 8.21. The Balaban J connectivity index is 0.00000242. The summed E-state index contributed by atoms with van der Waals surface area (Å²) in [5, 5.41) is 16.0. The van der Waals surface area contributed by atoms with Gasteiger partial charge in [-0.25, -0.2) is 0 Å². The predicted molar refractivity (Wildman–Crippen MR) is 103 cm³/mol. The second-order valence-electron chi connectivity index (χ2n) is 6.57. The fourth-order valence-electron chi connectivity index (χ4n) is 3.32. The average molecular weight is 424 g/mol. The highest BCUT2D eigenvalue weighted by molar-refractivity contribution is 14.0. The molecule has 0 bridgehead atoms. The molecule has 2 aliphatic rings. The topological polar surface area (TPSA) is 59.9 Å². The molecule has 1 saturated carbocycles. The maximum atomic E-state index is 9.10. The van der Waals surface area contributed by atoms with E-state index in [9.17, 15) is 0 Å². The quantitative estimate of drug-likeness (QED) is 0.346. The first-order chi connectivity index (χ1) is 10.2. The van der Waals surface area contributed by atoms with Gasteiger partial charge in [0.1, 0.15) is 0 Å². The number of aliphatic hydroxyl groups excluding tert-OH is 1. The maximum Gasteiger partial charge on any atom is 0.191 e. The van der Waals surface area contributed by atoms with Crippen molar-refractivity contribution >= 4 is 29.9 Å². The Bertz CT molecular complexity index is 334. The molecule has 3 N–H and O–H groups in total. The van der Waals surface area contributed by atoms with Crippen molar-refractivity contribution in [2.24, 2.45) is 10.9 Å². The molecule has 2 fully saturated rings. The molecule has 0 radical (unpaired) electrons. The number of aliphatic hydroxyl groups is 1. The van der Waals surface area contributed by atoms with Crippen molar-refractivity contribution in [3.05, 3.63) is 0 Å². The van der Waals surface area contributed by atoms with Crippen LogP contribution < -0.4 is 10.6 Å². The van der Waals surface area contributed by atoms with E-state index in [1.807, 2.05) is 6.92 Å². The van der Waals surface area contributed by atoms with Gasteiger partial charge in [0.05, 0.1) is 0 Å². The summed E-state index contributed by atoms with van der Waals surface area (Å²) in [4.78, 5) is 7.24. The Morgan fingerprint density at radius 2 is 2.05 bits per heavy atom. The third-order valence-corrected chi connectivity index (χ3v) is 4.62. The number of aliphatic imine (C=N–C) groups is 1. The molecule has 1 aliphatic carbocycles. The highest BCUT2D eigenvalue weighted by Crippen LogP contribution is 2.26. The molecule has 2 rings (SSSR count). The lowest BCUT2D eigenvalue weighted by Crippen LogP contribution is -2.45. The Morgan fingerprint density at radius 3 is 2.68 bits per heavy atom. The fourth-order valence-corrected chi connectivity index (χ4v) is 3.32. The Morgan fingerprint density at radius 1 is 1.32 bits per heavy atom. The molecule has 1 aliphatic heterocycles. The molecule has 0 aromatic rings. The van der Waals surface area contributed by atoms with Crippen LogP contribution in [0.15, 0.2) is 4.99 Å². The lowest BCUT2D eigenvalue weighted by atomic mass is 10.2. The maximum absolute atomic E-state index is 9.10. The second-order valence-corrected chi connectivity index (χ2v) is 6.57. The number of guanidine groups is 1. The zero-order chi connectivity index (χ0) is 15.1. The van der Waals surface area contributed by atoms with Crippen molar-refractivity contribution in [3.63, 3.8) is 0 Å². The van der Waals surface area contributed by atoms with E-state index in [4.69, 9.17) is 5.11 Å². The first kappa shape index (κ1) is 20.0. The van der Waals surface area contributed by atoms with E-state index in [-0.39, 0.29) is 36.5 Å². The zero-order valence-electron chi connectivity index (χ0n) is 14.1. The Kier molecular flexibility index (Phi) is 9.66. The van der Waals surface area contributed by atoms with E-state index >= 15 is 0 Å². The van der Waals surface area contributed by atoms with Crippen LogP contribution in [-0.2, 0) is 0 Å². The second kappa shape index (κ2) is 10.6. The van der Waals surface area contributed by atoms with Crippen LogP contribution in [0.3, 0.4) is 0 Å². The van der Waals surface area contributed by atoms with Crippen molar-refractivity contribution in [1.29, 1.82) is 0 Å². The number of halogens is 1. The molecule has 6 heteroatoms. The van der Waals surface area contributed by atoms with Crippen LogP contribution in [0.1, 0.15) is 46.0 Å². The van der Waals surface area contributed by atoms with Gasteiger partial charge in [-0.15, -0.1) is 24.0 Å². The minimum Gasteiger partial charge on any atom is -0.396 e. The van der Waals surface area contributed by atoms with Crippen LogP contribution in [0.25, 0.3) is 0 Å². The molecule has 0 amide bonds. The van der Waals surface area contributed by atoms with Crippen molar-refractivity contribution < 1.29 is 5.11 Å². The van der Waals surface area contributed by atoms with Gasteiger partial charge in [0.2, 0.25) is 0 Å². The number of rotatable bonds is 6. The van der Waals surface area contributed by atoms with Gasteiger partial charge in [0.15, 0.2) is 5.96 Å². The first-order valence-corrected chi connectivity index (χ1v) is 8.62. The van der Waals surface area contributed by atoms with E-state index in [0.717, 1.165) is 25.1 Å². The van der Waals surface area contributed by atoms with Crippen LogP contribution in [0.4, 0.5) is 0 Å². The average Bonchev–Trinajstić information content (AvgIpc) is 3.15. The lowest BCUT2D eigenvalue weighted by Gasteiger charge is -2.24. The largest absolute Gasteiger partial charge is 0.396 e. The molecule has 2 atom stereocenters. The van der Waals surface area contributed by atoms with Crippen LogP contribution in [0.2, 0.25) is 0 Å². The van der Waals surface area contributed by atoms with Crippen molar-refractivity contribution in [1.82, 2.24) is 15.5 Å². The molecule has 0 aromatic carbocycles. The minimum atomic E-state index is 0. The van der Waals surface area contributed by atoms with Gasteiger partial charge in [0.25, 0.3) is 0 Å². The third kappa shape index (κ3) is 6.20. The van der Waals surface area contributed by atoms with Crippen molar-refractivity contribution in [2.45, 2.75) is 58.0 Å². The molecule has 2 unspecified atom stereocenters. The summed E-state index contributed by atoms with van der Waals surface area (Å²) in [6, 6.07) is 1.33. The number of nitrogens with zero attached hydrogens (tertiary/aromatic N) is 2. The van der Waals surface area contributed by atoms with E-state index < -0.39 is 0 Å². The fraction of sp³-hybridized carbons (Fsp3) is 0.938. The summed E-state index contributed by atoms with van der Waals surface area (Å²) in [6.07, 6.45) is 6.78. The van der Waals surface area contributed by atoms with Crippen LogP contribution in [-0.4, -0.2) is 60.8 Å². The normalized spacial score (nSPS) is 25.0. The highest BCUT2D eigenvalue weighted by atomic mass is 127. The molecule has 1 saturated heterocycles. The van der Waals surface area contributed by atoms with Crippen molar-refractivity contribution in [3.8, 4) is 0 Å². The Hall–Kier alpha value is -0.0800. The van der Waals surface area contributed by atoms with Gasteiger partial charge >= 0.3 is 0 Å². The standard InChI is InChI=1S/C16H32N4O.HI/c1-3-17-16(18-10-13(2)12-21)19-14-8-9-20(11-14)15-6-4-5-7-15;/h13-15,21H,3-12H2,1-2H3,(H2,17,18,19);1H. The van der Waals surface area contributed by atoms with Gasteiger partial charge in [0, 0.05) is 44.9 Å². The number of hydrogen-bond acceptors (Lipinski definition) is 3. The summed E-state index contributed by atoms with van der Waals surface area (Å²) in [5.41, 5.74) is 0. The molecule has 22 heavy (non-hydrogen) atoms. The number of hydrogen-bond donors (Lipinski definition) is 3. The highest BCUT2D eigenvalue weighted by Gasteiger charge is 2.30. The lowest BCUT2D eigenvalue weighted by molar-refractivity contribution is 0.240. The molecule has 130 valence electrons. The summed E-state index contributed by atoms with van der Waals surface area (Å²) < 4.78 is 0. The zero-order valence-corrected chi connectivity index (χ0v) is 16.4. The van der Waals surface area contributed by atoms with Gasteiger partial charge in [-0.2, -0.15) is 0 Å². The van der Waals surface area contributed by atoms with Crippen molar-refractivity contribution in [2.75, 3.05) is 32.8 Å². The van der Waals surface area contributed by atoms with Crippen LogP contribution in [0, 0.1) is 5.92 Å².